The molecule has 136 valence electrons. The average molecular weight is 332 g/mol. The second kappa shape index (κ2) is 12.3. The molecule has 0 aromatic rings. The van der Waals surface area contributed by atoms with Gasteiger partial charge in [-0.05, 0) is 32.1 Å². The maximum Gasteiger partial charge on any atom is 0.308 e. The van der Waals surface area contributed by atoms with Crippen LogP contribution in [0.15, 0.2) is 0 Å². The van der Waals surface area contributed by atoms with Crippen molar-refractivity contribution in [3.63, 3.8) is 0 Å². The Morgan fingerprint density at radius 3 is 1.65 bits per heavy atom. The summed E-state index contributed by atoms with van der Waals surface area (Å²) in [7, 11) is 0. The quantitative estimate of drug-likeness (QED) is 0.403. The van der Waals surface area contributed by atoms with E-state index in [9.17, 15) is 9.59 Å². The van der Waals surface area contributed by atoms with Gasteiger partial charge in [0.1, 0.15) is 0 Å². The number of ether oxygens (including phenoxy) is 4. The highest BCUT2D eigenvalue weighted by molar-refractivity contribution is 5.77. The first-order valence-electron chi connectivity index (χ1n) is 8.32. The first-order valence-corrected chi connectivity index (χ1v) is 8.32. The molecule has 0 aliphatic heterocycles. The highest BCUT2D eigenvalue weighted by Crippen LogP contribution is 2.06. The molecular weight excluding hydrogens is 300 g/mol. The van der Waals surface area contributed by atoms with Gasteiger partial charge in [-0.1, -0.05) is 27.7 Å². The molecule has 0 saturated heterocycles. The second-order valence-corrected chi connectivity index (χ2v) is 6.40. The molecule has 0 spiro atoms. The average Bonchev–Trinajstić information content (AvgIpc) is 2.42. The first-order chi connectivity index (χ1) is 10.7. The van der Waals surface area contributed by atoms with Crippen molar-refractivity contribution in [3.05, 3.63) is 0 Å². The third kappa shape index (κ3) is 14.2. The van der Waals surface area contributed by atoms with E-state index in [1.165, 1.54) is 0 Å². The van der Waals surface area contributed by atoms with E-state index in [1.54, 1.807) is 13.8 Å². The summed E-state index contributed by atoms with van der Waals surface area (Å²) in [5, 5.41) is 0. The van der Waals surface area contributed by atoms with E-state index in [2.05, 4.69) is 13.8 Å². The van der Waals surface area contributed by atoms with E-state index >= 15 is 0 Å². The molecule has 0 rings (SSSR count). The van der Waals surface area contributed by atoms with Crippen LogP contribution >= 0.6 is 0 Å². The molecule has 23 heavy (non-hydrogen) atoms. The molecule has 0 aromatic carbocycles. The van der Waals surface area contributed by atoms with Gasteiger partial charge in [0.2, 0.25) is 0 Å². The van der Waals surface area contributed by atoms with E-state index < -0.39 is 24.5 Å². The van der Waals surface area contributed by atoms with Crippen molar-refractivity contribution >= 4 is 11.9 Å². The van der Waals surface area contributed by atoms with Gasteiger partial charge < -0.3 is 18.9 Å². The SMILES string of the molecule is CC(C)CCOC(C)OC(=O)CCC(=O)OC(C)OCC(C)C. The smallest absolute Gasteiger partial charge is 0.308 e. The topological polar surface area (TPSA) is 71.1 Å². The Labute approximate surface area is 139 Å². The van der Waals surface area contributed by atoms with Crippen molar-refractivity contribution in [2.45, 2.75) is 73.4 Å². The fourth-order valence-electron chi connectivity index (χ4n) is 1.56. The van der Waals surface area contributed by atoms with Gasteiger partial charge in [-0.2, -0.15) is 0 Å². The third-order valence-electron chi connectivity index (χ3n) is 2.84. The van der Waals surface area contributed by atoms with E-state index in [0.29, 0.717) is 25.0 Å². The Morgan fingerprint density at radius 1 is 0.739 bits per heavy atom. The minimum absolute atomic E-state index is 0.0341. The van der Waals surface area contributed by atoms with Gasteiger partial charge in [0.25, 0.3) is 0 Å². The number of carbonyl (C=O) groups is 2. The highest BCUT2D eigenvalue weighted by Gasteiger charge is 2.15. The molecule has 6 heteroatoms. The minimum Gasteiger partial charge on any atom is -0.436 e. The fourth-order valence-corrected chi connectivity index (χ4v) is 1.56. The molecule has 6 nitrogen and oxygen atoms in total. The first kappa shape index (κ1) is 21.9. The summed E-state index contributed by atoms with van der Waals surface area (Å²) in [6, 6.07) is 0. The monoisotopic (exact) mass is 332 g/mol. The van der Waals surface area contributed by atoms with Crippen LogP contribution in [0, 0.1) is 11.8 Å². The zero-order valence-electron chi connectivity index (χ0n) is 15.3. The number of carbonyl (C=O) groups excluding carboxylic acids is 2. The maximum absolute atomic E-state index is 11.6. The summed E-state index contributed by atoms with van der Waals surface area (Å²) in [4.78, 5) is 23.2. The molecule has 0 saturated carbocycles. The minimum atomic E-state index is -0.612. The van der Waals surface area contributed by atoms with E-state index in [0.717, 1.165) is 6.42 Å². The summed E-state index contributed by atoms with van der Waals surface area (Å²) < 4.78 is 20.8. The van der Waals surface area contributed by atoms with Crippen LogP contribution in [0.3, 0.4) is 0 Å². The predicted octanol–water partition coefficient (Wildman–Crippen LogP) is 3.28. The van der Waals surface area contributed by atoms with Crippen molar-refractivity contribution < 1.29 is 28.5 Å². The van der Waals surface area contributed by atoms with Crippen molar-refractivity contribution in [1.29, 1.82) is 0 Å². The lowest BCUT2D eigenvalue weighted by atomic mass is 10.1. The van der Waals surface area contributed by atoms with Crippen molar-refractivity contribution in [2.75, 3.05) is 13.2 Å². The van der Waals surface area contributed by atoms with Crippen LogP contribution in [-0.4, -0.2) is 37.7 Å². The number of hydrogen-bond acceptors (Lipinski definition) is 6. The van der Waals surface area contributed by atoms with Crippen LogP contribution in [0.5, 0.6) is 0 Å². The van der Waals surface area contributed by atoms with Crippen molar-refractivity contribution in [1.82, 2.24) is 0 Å². The van der Waals surface area contributed by atoms with Crippen molar-refractivity contribution in [3.8, 4) is 0 Å². The van der Waals surface area contributed by atoms with E-state index in [-0.39, 0.29) is 12.8 Å². The lowest BCUT2D eigenvalue weighted by Gasteiger charge is -2.16. The molecule has 0 radical (unpaired) electrons. The Balaban J connectivity index is 3.80. The summed E-state index contributed by atoms with van der Waals surface area (Å²) in [5.74, 6) is -0.0581. The van der Waals surface area contributed by atoms with Gasteiger partial charge in [-0.3, -0.25) is 9.59 Å². The van der Waals surface area contributed by atoms with Gasteiger partial charge in [0.05, 0.1) is 26.1 Å². The predicted molar refractivity (Wildman–Crippen MR) is 86.5 cm³/mol. The van der Waals surface area contributed by atoms with Gasteiger partial charge in [-0.25, -0.2) is 0 Å². The lowest BCUT2D eigenvalue weighted by molar-refractivity contribution is -0.182. The maximum atomic E-state index is 11.6. The summed E-state index contributed by atoms with van der Waals surface area (Å²) >= 11 is 0. The molecule has 0 amide bonds. The fraction of sp³-hybridized carbons (Fsp3) is 0.882. The molecule has 0 aromatic heterocycles. The van der Waals surface area contributed by atoms with E-state index in [1.807, 2.05) is 13.8 Å². The zero-order chi connectivity index (χ0) is 17.8. The van der Waals surface area contributed by atoms with Gasteiger partial charge in [0, 0.05) is 0 Å². The molecule has 0 bridgehead atoms. The zero-order valence-corrected chi connectivity index (χ0v) is 15.3. The molecule has 0 N–H and O–H groups in total. The second-order valence-electron chi connectivity index (χ2n) is 6.40. The Bertz CT molecular complexity index is 340. The third-order valence-corrected chi connectivity index (χ3v) is 2.84. The van der Waals surface area contributed by atoms with Gasteiger partial charge in [0.15, 0.2) is 12.6 Å². The van der Waals surface area contributed by atoms with Crippen LogP contribution in [0.2, 0.25) is 0 Å². The summed E-state index contributed by atoms with van der Waals surface area (Å²) in [5.41, 5.74) is 0. The Morgan fingerprint density at radius 2 is 1.22 bits per heavy atom. The van der Waals surface area contributed by atoms with Crippen LogP contribution in [-0.2, 0) is 28.5 Å². The van der Waals surface area contributed by atoms with E-state index in [4.69, 9.17) is 18.9 Å². The number of hydrogen-bond donors (Lipinski definition) is 0. The summed E-state index contributed by atoms with van der Waals surface area (Å²) in [6.07, 6.45) is -0.381. The number of esters is 2. The van der Waals surface area contributed by atoms with Gasteiger partial charge in [-0.15, -0.1) is 0 Å². The highest BCUT2D eigenvalue weighted by atomic mass is 16.7. The van der Waals surface area contributed by atoms with Crippen molar-refractivity contribution in [2.24, 2.45) is 11.8 Å². The normalized spacial score (nSPS) is 13.9. The summed E-state index contributed by atoms with van der Waals surface area (Å²) in [6.45, 7) is 12.6. The Kier molecular flexibility index (Phi) is 11.7. The molecule has 0 heterocycles. The molecule has 0 aliphatic carbocycles. The molecule has 0 aliphatic rings. The van der Waals surface area contributed by atoms with Crippen LogP contribution in [0.4, 0.5) is 0 Å². The molecule has 2 unspecified atom stereocenters. The molecule has 0 fully saturated rings. The number of rotatable bonds is 12. The van der Waals surface area contributed by atoms with Gasteiger partial charge >= 0.3 is 11.9 Å². The standard InChI is InChI=1S/C17H32O6/c1-12(2)9-10-20-14(5)22-16(18)7-8-17(19)23-15(6)21-11-13(3)4/h12-15H,7-11H2,1-6H3. The molecular formula is C17H32O6. The molecule has 2 atom stereocenters. The van der Waals surface area contributed by atoms with Crippen LogP contribution in [0.25, 0.3) is 0 Å². The Hall–Kier alpha value is -1.14. The van der Waals surface area contributed by atoms with Crippen LogP contribution in [0.1, 0.15) is 60.8 Å². The van der Waals surface area contributed by atoms with Crippen LogP contribution < -0.4 is 0 Å². The largest absolute Gasteiger partial charge is 0.436 e. The lowest BCUT2D eigenvalue weighted by Crippen LogP contribution is -2.22.